The van der Waals surface area contributed by atoms with E-state index in [4.69, 9.17) is 4.74 Å². The Balaban J connectivity index is 1.59. The summed E-state index contributed by atoms with van der Waals surface area (Å²) in [5.41, 5.74) is 2.70. The van der Waals surface area contributed by atoms with Crippen LogP contribution in [0, 0.1) is 0 Å². The van der Waals surface area contributed by atoms with Crippen molar-refractivity contribution in [2.45, 2.75) is 31.0 Å². The van der Waals surface area contributed by atoms with E-state index in [1.807, 2.05) is 18.2 Å². The lowest BCUT2D eigenvalue weighted by Crippen LogP contribution is -2.34. The van der Waals surface area contributed by atoms with Crippen LogP contribution in [-0.4, -0.2) is 26.7 Å². The van der Waals surface area contributed by atoms with Gasteiger partial charge in [0.25, 0.3) is 5.91 Å². The van der Waals surface area contributed by atoms with E-state index in [2.05, 4.69) is 10.6 Å². The third-order valence-electron chi connectivity index (χ3n) is 3.98. The summed E-state index contributed by atoms with van der Waals surface area (Å²) in [5, 5.41) is 6.13. The second-order valence-electron chi connectivity index (χ2n) is 6.10. The molecule has 0 saturated heterocycles. The minimum absolute atomic E-state index is 0.149. The monoisotopic (exact) mass is 360 g/mol. The van der Waals surface area contributed by atoms with E-state index in [1.54, 1.807) is 31.2 Å². The topological polar surface area (TPSA) is 84.5 Å². The number of hydrogen-bond acceptors (Lipinski definition) is 5. The summed E-state index contributed by atoms with van der Waals surface area (Å²) in [4.78, 5) is 12.0. The molecule has 0 aromatic heterocycles. The molecule has 3 rings (SSSR count). The van der Waals surface area contributed by atoms with E-state index >= 15 is 0 Å². The van der Waals surface area contributed by atoms with Crippen LogP contribution >= 0.6 is 0 Å². The SMILES string of the molecule is CC1Oc2ccc(CNCc3ccc(S(C)(=O)=O)cc3)cc2NC1=O. The van der Waals surface area contributed by atoms with Gasteiger partial charge in [-0.25, -0.2) is 8.42 Å². The number of carbonyl (C=O) groups is 1. The van der Waals surface area contributed by atoms with Crippen molar-refractivity contribution in [3.63, 3.8) is 0 Å². The van der Waals surface area contributed by atoms with E-state index < -0.39 is 15.9 Å². The number of anilines is 1. The smallest absolute Gasteiger partial charge is 0.265 e. The van der Waals surface area contributed by atoms with Gasteiger partial charge in [0.05, 0.1) is 10.6 Å². The Morgan fingerprint density at radius 1 is 1.08 bits per heavy atom. The third-order valence-corrected chi connectivity index (χ3v) is 5.11. The summed E-state index contributed by atoms with van der Waals surface area (Å²) < 4.78 is 28.4. The number of fused-ring (bicyclic) bond motifs is 1. The number of nitrogens with one attached hydrogen (secondary N) is 2. The highest BCUT2D eigenvalue weighted by atomic mass is 32.2. The van der Waals surface area contributed by atoms with Gasteiger partial charge in [0.2, 0.25) is 0 Å². The van der Waals surface area contributed by atoms with Gasteiger partial charge in [-0.1, -0.05) is 18.2 Å². The molecule has 0 radical (unpaired) electrons. The highest BCUT2D eigenvalue weighted by molar-refractivity contribution is 7.90. The molecule has 25 heavy (non-hydrogen) atoms. The van der Waals surface area contributed by atoms with Gasteiger partial charge in [-0.3, -0.25) is 4.79 Å². The van der Waals surface area contributed by atoms with Crippen LogP contribution in [0.4, 0.5) is 5.69 Å². The van der Waals surface area contributed by atoms with Gasteiger partial charge in [-0.05, 0) is 42.3 Å². The Hall–Kier alpha value is -2.38. The molecule has 1 aliphatic heterocycles. The molecule has 2 aromatic rings. The van der Waals surface area contributed by atoms with Crippen LogP contribution in [0.2, 0.25) is 0 Å². The van der Waals surface area contributed by atoms with Gasteiger partial charge in [0.1, 0.15) is 5.75 Å². The van der Waals surface area contributed by atoms with Crippen LogP contribution in [0.1, 0.15) is 18.1 Å². The molecule has 0 bridgehead atoms. The molecule has 132 valence electrons. The molecule has 1 unspecified atom stereocenters. The number of ether oxygens (including phenoxy) is 1. The second-order valence-corrected chi connectivity index (χ2v) is 8.12. The van der Waals surface area contributed by atoms with Gasteiger partial charge >= 0.3 is 0 Å². The summed E-state index contributed by atoms with van der Waals surface area (Å²) >= 11 is 0. The van der Waals surface area contributed by atoms with Gasteiger partial charge in [0, 0.05) is 19.3 Å². The van der Waals surface area contributed by atoms with Crippen LogP contribution < -0.4 is 15.4 Å². The molecule has 2 N–H and O–H groups in total. The predicted octanol–water partition coefficient (Wildman–Crippen LogP) is 2.10. The number of rotatable bonds is 5. The molecule has 1 atom stereocenters. The number of benzene rings is 2. The van der Waals surface area contributed by atoms with Crippen molar-refractivity contribution in [1.29, 1.82) is 0 Å². The number of sulfone groups is 1. The maximum Gasteiger partial charge on any atom is 0.265 e. The number of amides is 1. The average Bonchev–Trinajstić information content (AvgIpc) is 2.56. The lowest BCUT2D eigenvalue weighted by atomic mass is 10.1. The molecule has 0 aliphatic carbocycles. The van der Waals surface area contributed by atoms with E-state index in [0.29, 0.717) is 29.4 Å². The van der Waals surface area contributed by atoms with Crippen LogP contribution in [0.3, 0.4) is 0 Å². The molecule has 6 nitrogen and oxygen atoms in total. The van der Waals surface area contributed by atoms with Gasteiger partial charge in [0.15, 0.2) is 15.9 Å². The fraction of sp³-hybridized carbons (Fsp3) is 0.278. The first-order valence-electron chi connectivity index (χ1n) is 7.93. The summed E-state index contributed by atoms with van der Waals surface area (Å²) in [6, 6.07) is 12.5. The molecular formula is C18H20N2O4S. The molecule has 2 aromatic carbocycles. The second kappa shape index (κ2) is 6.85. The summed E-state index contributed by atoms with van der Waals surface area (Å²) in [7, 11) is -3.17. The molecule has 1 aliphatic rings. The fourth-order valence-corrected chi connectivity index (χ4v) is 3.20. The number of carbonyl (C=O) groups excluding carboxylic acids is 1. The van der Waals surface area contributed by atoms with E-state index in [9.17, 15) is 13.2 Å². The van der Waals surface area contributed by atoms with Crippen molar-refractivity contribution < 1.29 is 17.9 Å². The molecule has 0 saturated carbocycles. The molecule has 7 heteroatoms. The standard InChI is InChI=1S/C18H20N2O4S/c1-12-18(21)20-16-9-14(5-8-17(16)24-12)11-19-10-13-3-6-15(7-4-13)25(2,22)23/h3-9,12,19H,10-11H2,1-2H3,(H,20,21). The van der Waals surface area contributed by atoms with Crippen molar-refractivity contribution in [2.75, 3.05) is 11.6 Å². The first kappa shape index (κ1) is 17.4. The Bertz CT molecular complexity index is 892. The Labute approximate surface area is 147 Å². The Kier molecular flexibility index (Phi) is 4.78. The van der Waals surface area contributed by atoms with Gasteiger partial charge in [-0.2, -0.15) is 0 Å². The molecule has 0 spiro atoms. The summed E-state index contributed by atoms with van der Waals surface area (Å²) in [5.74, 6) is 0.524. The average molecular weight is 360 g/mol. The maximum atomic E-state index is 11.7. The predicted molar refractivity (Wildman–Crippen MR) is 95.3 cm³/mol. The van der Waals surface area contributed by atoms with Crippen molar-refractivity contribution in [2.24, 2.45) is 0 Å². The number of hydrogen-bond donors (Lipinski definition) is 2. The fourth-order valence-electron chi connectivity index (χ4n) is 2.57. The van der Waals surface area contributed by atoms with Crippen molar-refractivity contribution >= 4 is 21.4 Å². The van der Waals surface area contributed by atoms with Crippen molar-refractivity contribution in [3.05, 3.63) is 53.6 Å². The third kappa shape index (κ3) is 4.18. The summed E-state index contributed by atoms with van der Waals surface area (Å²) in [6.07, 6.45) is 0.714. The highest BCUT2D eigenvalue weighted by Crippen LogP contribution is 2.30. The normalized spacial score (nSPS) is 16.7. The van der Waals surface area contributed by atoms with E-state index in [1.165, 1.54) is 6.26 Å². The van der Waals surface area contributed by atoms with Crippen LogP contribution in [-0.2, 0) is 27.7 Å². The van der Waals surface area contributed by atoms with Crippen LogP contribution in [0.25, 0.3) is 0 Å². The first-order valence-corrected chi connectivity index (χ1v) is 9.82. The zero-order valence-electron chi connectivity index (χ0n) is 14.1. The zero-order valence-corrected chi connectivity index (χ0v) is 14.9. The van der Waals surface area contributed by atoms with E-state index in [0.717, 1.165) is 11.1 Å². The quantitative estimate of drug-likeness (QED) is 0.853. The molecular weight excluding hydrogens is 340 g/mol. The minimum Gasteiger partial charge on any atom is -0.479 e. The lowest BCUT2D eigenvalue weighted by molar-refractivity contribution is -0.122. The lowest BCUT2D eigenvalue weighted by Gasteiger charge is -2.23. The minimum atomic E-state index is -3.17. The van der Waals surface area contributed by atoms with E-state index in [-0.39, 0.29) is 5.91 Å². The van der Waals surface area contributed by atoms with Gasteiger partial charge < -0.3 is 15.4 Å². The highest BCUT2D eigenvalue weighted by Gasteiger charge is 2.23. The summed E-state index contributed by atoms with van der Waals surface area (Å²) in [6.45, 7) is 2.94. The zero-order chi connectivity index (χ0) is 18.0. The van der Waals surface area contributed by atoms with Crippen molar-refractivity contribution in [1.82, 2.24) is 5.32 Å². The Morgan fingerprint density at radius 2 is 1.72 bits per heavy atom. The Morgan fingerprint density at radius 3 is 2.40 bits per heavy atom. The molecule has 1 amide bonds. The first-order chi connectivity index (χ1) is 11.8. The molecule has 1 heterocycles. The largest absolute Gasteiger partial charge is 0.479 e. The maximum absolute atomic E-state index is 11.7. The van der Waals surface area contributed by atoms with Gasteiger partial charge in [-0.15, -0.1) is 0 Å². The molecule has 0 fully saturated rings. The van der Waals surface area contributed by atoms with Crippen LogP contribution in [0.5, 0.6) is 5.75 Å². The van der Waals surface area contributed by atoms with Crippen LogP contribution in [0.15, 0.2) is 47.4 Å². The van der Waals surface area contributed by atoms with Crippen molar-refractivity contribution in [3.8, 4) is 5.75 Å².